The first-order valence-corrected chi connectivity index (χ1v) is 11.4. The number of carbonyl (C=O) groups is 2. The van der Waals surface area contributed by atoms with Crippen LogP contribution in [0.15, 0.2) is 54.7 Å². The van der Waals surface area contributed by atoms with Crippen LogP contribution >= 0.6 is 0 Å². The highest BCUT2D eigenvalue weighted by Crippen LogP contribution is 2.49. The fourth-order valence-corrected chi connectivity index (χ4v) is 4.84. The Morgan fingerprint density at radius 3 is 2.39 bits per heavy atom. The van der Waals surface area contributed by atoms with E-state index in [1.54, 1.807) is 24.3 Å². The van der Waals surface area contributed by atoms with Gasteiger partial charge in [0.2, 0.25) is 0 Å². The third-order valence-electron chi connectivity index (χ3n) is 6.55. The van der Waals surface area contributed by atoms with Crippen LogP contribution in [0, 0.1) is 0 Å². The van der Waals surface area contributed by atoms with Crippen molar-refractivity contribution in [2.24, 2.45) is 7.05 Å². The number of nitrogens with zero attached hydrogens (tertiary/aromatic N) is 3. The van der Waals surface area contributed by atoms with Gasteiger partial charge < -0.3 is 15.0 Å². The number of piperidine rings is 1. The van der Waals surface area contributed by atoms with Crippen molar-refractivity contribution in [3.8, 4) is 17.0 Å². The Kier molecular flexibility index (Phi) is 5.19. The van der Waals surface area contributed by atoms with Crippen molar-refractivity contribution in [3.05, 3.63) is 71.4 Å². The van der Waals surface area contributed by atoms with Crippen LogP contribution in [-0.4, -0.2) is 45.6 Å². The van der Waals surface area contributed by atoms with Crippen molar-refractivity contribution in [2.75, 3.05) is 13.1 Å². The smallest absolute Gasteiger partial charge is 0.253 e. The summed E-state index contributed by atoms with van der Waals surface area (Å²) in [5.74, 6) is 0.706. The molecule has 3 heterocycles. The van der Waals surface area contributed by atoms with E-state index in [2.05, 4.69) is 16.5 Å². The standard InChI is InChI=1S/C26H28N4O3/c1-17(2)28-24(31)18-8-10-19(11-9-18)25(32)30-14-12-26(13-15-30)21-16-27-29(3)23(21)20-6-4-5-7-22(20)33-26/h4-11,16-17H,12-15H2,1-3H3,(H,28,31). The van der Waals surface area contributed by atoms with E-state index in [1.165, 1.54) is 0 Å². The maximum absolute atomic E-state index is 13.1. The van der Waals surface area contributed by atoms with Gasteiger partial charge in [-0.3, -0.25) is 14.3 Å². The van der Waals surface area contributed by atoms with E-state index >= 15 is 0 Å². The normalized spacial score (nSPS) is 16.2. The highest BCUT2D eigenvalue weighted by Gasteiger charge is 2.45. The molecule has 1 aromatic heterocycles. The highest BCUT2D eigenvalue weighted by molar-refractivity contribution is 5.98. The van der Waals surface area contributed by atoms with Gasteiger partial charge in [0.1, 0.15) is 11.4 Å². The van der Waals surface area contributed by atoms with Gasteiger partial charge in [-0.2, -0.15) is 5.10 Å². The second kappa shape index (κ2) is 8.06. The number of fused-ring (bicyclic) bond motifs is 4. The summed E-state index contributed by atoms with van der Waals surface area (Å²) in [5.41, 5.74) is 3.90. The van der Waals surface area contributed by atoms with E-state index in [9.17, 15) is 9.59 Å². The van der Waals surface area contributed by atoms with Crippen molar-refractivity contribution in [1.82, 2.24) is 20.0 Å². The monoisotopic (exact) mass is 444 g/mol. The molecule has 1 spiro atoms. The summed E-state index contributed by atoms with van der Waals surface area (Å²) in [6, 6.07) is 15.0. The van der Waals surface area contributed by atoms with Crippen LogP contribution in [0.25, 0.3) is 11.3 Å². The van der Waals surface area contributed by atoms with Gasteiger partial charge >= 0.3 is 0 Å². The molecule has 3 aromatic rings. The van der Waals surface area contributed by atoms with Crippen molar-refractivity contribution in [1.29, 1.82) is 0 Å². The van der Waals surface area contributed by atoms with E-state index in [1.807, 2.05) is 54.9 Å². The van der Waals surface area contributed by atoms with Crippen molar-refractivity contribution < 1.29 is 14.3 Å². The second-order valence-corrected chi connectivity index (χ2v) is 9.12. The summed E-state index contributed by atoms with van der Waals surface area (Å²) in [6.07, 6.45) is 3.30. The average Bonchev–Trinajstić information content (AvgIpc) is 3.22. The molecular formula is C26H28N4O3. The van der Waals surface area contributed by atoms with Crippen molar-refractivity contribution in [3.63, 3.8) is 0 Å². The summed E-state index contributed by atoms with van der Waals surface area (Å²) in [7, 11) is 1.96. The molecule has 0 atom stereocenters. The lowest BCUT2D eigenvalue weighted by Crippen LogP contribution is -2.49. The average molecular weight is 445 g/mol. The first kappa shape index (κ1) is 21.2. The lowest BCUT2D eigenvalue weighted by Gasteiger charge is -2.44. The van der Waals surface area contributed by atoms with Crippen molar-refractivity contribution >= 4 is 11.8 Å². The molecule has 0 aliphatic carbocycles. The molecule has 1 N–H and O–H groups in total. The van der Waals surface area contributed by atoms with Gasteiger partial charge in [0, 0.05) is 61.3 Å². The van der Waals surface area contributed by atoms with Gasteiger partial charge in [-0.25, -0.2) is 0 Å². The number of amides is 2. The molecule has 0 radical (unpaired) electrons. The van der Waals surface area contributed by atoms with Crippen molar-refractivity contribution in [2.45, 2.75) is 38.3 Å². The molecule has 2 aliphatic rings. The number of hydrogen-bond acceptors (Lipinski definition) is 4. The second-order valence-electron chi connectivity index (χ2n) is 9.12. The Balaban J connectivity index is 1.32. The lowest BCUT2D eigenvalue weighted by atomic mass is 9.81. The zero-order valence-corrected chi connectivity index (χ0v) is 19.2. The summed E-state index contributed by atoms with van der Waals surface area (Å²) < 4.78 is 8.48. The Morgan fingerprint density at radius 2 is 1.70 bits per heavy atom. The zero-order valence-electron chi connectivity index (χ0n) is 19.2. The number of hydrogen-bond donors (Lipinski definition) is 1. The van der Waals surface area contributed by atoms with E-state index in [0.29, 0.717) is 37.1 Å². The number of rotatable bonds is 3. The van der Waals surface area contributed by atoms with Crippen LogP contribution in [0.3, 0.4) is 0 Å². The molecule has 0 bridgehead atoms. The largest absolute Gasteiger partial charge is 0.482 e. The molecule has 2 aliphatic heterocycles. The lowest BCUT2D eigenvalue weighted by molar-refractivity contribution is -0.00173. The summed E-state index contributed by atoms with van der Waals surface area (Å²) >= 11 is 0. The molecule has 0 saturated carbocycles. The number of aryl methyl sites for hydroxylation is 1. The number of ether oxygens (including phenoxy) is 1. The third kappa shape index (κ3) is 3.67. The van der Waals surface area contributed by atoms with Crippen LogP contribution < -0.4 is 10.1 Å². The third-order valence-corrected chi connectivity index (χ3v) is 6.55. The first-order chi connectivity index (χ1) is 15.9. The molecule has 2 aromatic carbocycles. The van der Waals surface area contributed by atoms with Crippen LogP contribution in [-0.2, 0) is 12.6 Å². The Morgan fingerprint density at radius 1 is 1.03 bits per heavy atom. The number of benzene rings is 2. The minimum absolute atomic E-state index is 0.0247. The molecule has 2 amide bonds. The number of nitrogens with one attached hydrogen (secondary N) is 1. The Hall–Kier alpha value is -3.61. The number of carbonyl (C=O) groups excluding carboxylic acids is 2. The van der Waals surface area contributed by atoms with Gasteiger partial charge in [0.25, 0.3) is 11.8 Å². The molecule has 7 nitrogen and oxygen atoms in total. The minimum atomic E-state index is -0.479. The summed E-state index contributed by atoms with van der Waals surface area (Å²) in [6.45, 7) is 5.01. The maximum atomic E-state index is 13.1. The van der Waals surface area contributed by atoms with Gasteiger partial charge in [-0.1, -0.05) is 12.1 Å². The maximum Gasteiger partial charge on any atom is 0.253 e. The number of aromatic nitrogens is 2. The zero-order chi connectivity index (χ0) is 23.2. The minimum Gasteiger partial charge on any atom is -0.482 e. The Bertz CT molecular complexity index is 1200. The van der Waals surface area contributed by atoms with Crippen LogP contribution in [0.2, 0.25) is 0 Å². The van der Waals surface area contributed by atoms with Crippen LogP contribution in [0.1, 0.15) is 53.0 Å². The van der Waals surface area contributed by atoms with Gasteiger partial charge in [-0.05, 0) is 50.2 Å². The first-order valence-electron chi connectivity index (χ1n) is 11.4. The van der Waals surface area contributed by atoms with E-state index in [-0.39, 0.29) is 17.9 Å². The van der Waals surface area contributed by atoms with Gasteiger partial charge in [-0.15, -0.1) is 0 Å². The fourth-order valence-electron chi connectivity index (χ4n) is 4.84. The van der Waals surface area contributed by atoms with Gasteiger partial charge in [0.15, 0.2) is 0 Å². The number of para-hydroxylation sites is 1. The van der Waals surface area contributed by atoms with E-state index in [0.717, 1.165) is 22.6 Å². The molecule has 170 valence electrons. The quantitative estimate of drug-likeness (QED) is 0.668. The van der Waals surface area contributed by atoms with Crippen LogP contribution in [0.5, 0.6) is 5.75 Å². The predicted molar refractivity (Wildman–Crippen MR) is 125 cm³/mol. The Labute approximate surface area is 193 Å². The predicted octanol–water partition coefficient (Wildman–Crippen LogP) is 3.75. The van der Waals surface area contributed by atoms with Crippen LogP contribution in [0.4, 0.5) is 0 Å². The van der Waals surface area contributed by atoms with Gasteiger partial charge in [0.05, 0.1) is 11.9 Å². The summed E-state index contributed by atoms with van der Waals surface area (Å²) in [4.78, 5) is 27.2. The molecule has 33 heavy (non-hydrogen) atoms. The molecule has 1 saturated heterocycles. The van der Waals surface area contributed by atoms with E-state index < -0.39 is 5.60 Å². The molecule has 1 fully saturated rings. The molecule has 0 unspecified atom stereocenters. The molecular weight excluding hydrogens is 416 g/mol. The highest BCUT2D eigenvalue weighted by atomic mass is 16.5. The topological polar surface area (TPSA) is 76.5 Å². The number of likely N-dealkylation sites (tertiary alicyclic amines) is 1. The molecule has 7 heteroatoms. The van der Waals surface area contributed by atoms with E-state index in [4.69, 9.17) is 4.74 Å². The SMILES string of the molecule is CC(C)NC(=O)c1ccc(C(=O)N2CCC3(CC2)Oc2ccccc2-c2c3cnn2C)cc1. The summed E-state index contributed by atoms with van der Waals surface area (Å²) in [5, 5.41) is 7.38. The molecule has 5 rings (SSSR count). The fraction of sp³-hybridized carbons (Fsp3) is 0.346.